The maximum Gasteiger partial charge on any atom is 0.456 e. The van der Waals surface area contributed by atoms with Crippen LogP contribution in [0.3, 0.4) is 0 Å². The third-order valence-electron chi connectivity index (χ3n) is 5.42. The van der Waals surface area contributed by atoms with Crippen LogP contribution in [0.5, 0.6) is 5.75 Å². The molecule has 0 saturated carbocycles. The summed E-state index contributed by atoms with van der Waals surface area (Å²) in [6.07, 6.45) is -9.81. The van der Waals surface area contributed by atoms with Gasteiger partial charge in [0, 0.05) is 23.0 Å². The van der Waals surface area contributed by atoms with Crippen LogP contribution in [-0.4, -0.2) is 23.6 Å². The van der Waals surface area contributed by atoms with Crippen molar-refractivity contribution < 1.29 is 35.9 Å². The van der Waals surface area contributed by atoms with Crippen molar-refractivity contribution in [1.82, 2.24) is 4.57 Å². The van der Waals surface area contributed by atoms with E-state index in [9.17, 15) is 31.1 Å². The van der Waals surface area contributed by atoms with E-state index in [0.29, 0.717) is 22.2 Å². The van der Waals surface area contributed by atoms with Crippen LogP contribution in [0.25, 0.3) is 22.0 Å². The topological polar surface area (TPSA) is 31.2 Å². The van der Waals surface area contributed by atoms with E-state index in [1.165, 1.54) is 37.4 Å². The fourth-order valence-corrected chi connectivity index (χ4v) is 3.92. The summed E-state index contributed by atoms with van der Waals surface area (Å²) >= 11 is 0. The number of ketones is 1. The number of alkyl halides is 6. The molecule has 0 bridgehead atoms. The molecule has 0 aliphatic rings. The second-order valence-corrected chi connectivity index (χ2v) is 7.58. The van der Waals surface area contributed by atoms with Crippen LogP contribution in [0.2, 0.25) is 0 Å². The van der Waals surface area contributed by atoms with Crippen LogP contribution >= 0.6 is 0 Å². The van der Waals surface area contributed by atoms with E-state index in [1.54, 1.807) is 30.3 Å². The van der Waals surface area contributed by atoms with Gasteiger partial charge in [0.05, 0.1) is 12.7 Å². The number of hydrogen-bond donors (Lipinski definition) is 0. The third kappa shape index (κ3) is 4.37. The Hall–Kier alpha value is -3.75. The number of methoxy groups -OCH3 is 1. The Morgan fingerprint density at radius 2 is 1.56 bits per heavy atom. The molecule has 0 spiro atoms. The molecule has 176 valence electrons. The molecule has 1 heterocycles. The summed E-state index contributed by atoms with van der Waals surface area (Å²) in [5.74, 6) is -1.61. The highest BCUT2D eigenvalue weighted by molar-refractivity contribution is 6.13. The zero-order valence-corrected chi connectivity index (χ0v) is 17.7. The van der Waals surface area contributed by atoms with Crippen LogP contribution in [0.1, 0.15) is 21.6 Å². The molecule has 0 unspecified atom stereocenters. The highest BCUT2D eigenvalue weighted by Crippen LogP contribution is 2.39. The van der Waals surface area contributed by atoms with E-state index in [-0.39, 0.29) is 17.7 Å². The maximum atomic E-state index is 13.7. The van der Waals surface area contributed by atoms with Gasteiger partial charge in [-0.1, -0.05) is 42.5 Å². The summed E-state index contributed by atoms with van der Waals surface area (Å²) in [5, 5.41) is 0.368. The second-order valence-electron chi connectivity index (χ2n) is 7.58. The van der Waals surface area contributed by atoms with Gasteiger partial charge in [0.1, 0.15) is 11.4 Å². The molecule has 0 amide bonds. The van der Waals surface area contributed by atoms with Gasteiger partial charge in [-0.15, -0.1) is 0 Å². The zero-order valence-electron chi connectivity index (χ0n) is 17.7. The fourth-order valence-electron chi connectivity index (χ4n) is 3.92. The predicted octanol–water partition coefficient (Wildman–Crippen LogP) is 7.13. The number of fused-ring (bicyclic) bond motifs is 1. The predicted molar refractivity (Wildman–Crippen MR) is 115 cm³/mol. The molecule has 0 aliphatic carbocycles. The molecule has 0 atom stereocenters. The maximum absolute atomic E-state index is 13.7. The normalized spacial score (nSPS) is 12.2. The molecule has 3 nitrogen and oxygen atoms in total. The minimum absolute atomic E-state index is 0.0487. The first kappa shape index (κ1) is 23.4. The molecule has 1 aromatic heterocycles. The molecule has 34 heavy (non-hydrogen) atoms. The third-order valence-corrected chi connectivity index (χ3v) is 5.42. The van der Waals surface area contributed by atoms with E-state index in [4.69, 9.17) is 4.74 Å². The number of carbonyl (C=O) groups excluding carboxylic acids is 1. The van der Waals surface area contributed by atoms with Gasteiger partial charge in [-0.05, 0) is 41.5 Å². The molecule has 0 radical (unpaired) electrons. The lowest BCUT2D eigenvalue weighted by molar-refractivity contribution is -0.137. The fraction of sp³-hybridized carbons (Fsp3) is 0.160. The number of nitrogens with zero attached hydrogens (tertiary/aromatic N) is 1. The Morgan fingerprint density at radius 3 is 2.18 bits per heavy atom. The van der Waals surface area contributed by atoms with E-state index in [2.05, 4.69) is 0 Å². The zero-order chi connectivity index (χ0) is 24.7. The average Bonchev–Trinajstić information content (AvgIpc) is 3.11. The van der Waals surface area contributed by atoms with Crippen molar-refractivity contribution >= 4 is 16.7 Å². The summed E-state index contributed by atoms with van der Waals surface area (Å²) in [7, 11) is 1.44. The lowest BCUT2D eigenvalue weighted by atomic mass is 10.00. The Balaban J connectivity index is 1.99. The number of aromatic nitrogens is 1. The minimum atomic E-state index is -5.19. The molecule has 4 aromatic rings. The van der Waals surface area contributed by atoms with Crippen LogP contribution < -0.4 is 4.74 Å². The summed E-state index contributed by atoms with van der Waals surface area (Å²) < 4.78 is 86.9. The monoisotopic (exact) mass is 477 g/mol. The Morgan fingerprint density at radius 1 is 0.882 bits per heavy atom. The van der Waals surface area contributed by atoms with Crippen molar-refractivity contribution in [3.05, 3.63) is 89.6 Å². The van der Waals surface area contributed by atoms with Crippen LogP contribution in [0.4, 0.5) is 26.3 Å². The van der Waals surface area contributed by atoms with Gasteiger partial charge in [0.15, 0.2) is 0 Å². The Labute approximate surface area is 190 Å². The summed E-state index contributed by atoms with van der Waals surface area (Å²) in [5.41, 5.74) is -0.789. The summed E-state index contributed by atoms with van der Waals surface area (Å²) in [6, 6.07) is 16.8. The molecule has 3 aromatic carbocycles. The average molecular weight is 477 g/mol. The smallest absolute Gasteiger partial charge is 0.456 e. The van der Waals surface area contributed by atoms with Crippen molar-refractivity contribution in [2.75, 3.05) is 7.11 Å². The van der Waals surface area contributed by atoms with Crippen molar-refractivity contribution in [1.29, 1.82) is 0 Å². The largest absolute Gasteiger partial charge is 0.497 e. The first-order chi connectivity index (χ1) is 16.0. The lowest BCUT2D eigenvalue weighted by Crippen LogP contribution is -2.26. The Bertz CT molecular complexity index is 1350. The van der Waals surface area contributed by atoms with Gasteiger partial charge >= 0.3 is 12.4 Å². The van der Waals surface area contributed by atoms with Crippen molar-refractivity contribution in [2.24, 2.45) is 0 Å². The van der Waals surface area contributed by atoms with Gasteiger partial charge in [-0.3, -0.25) is 4.79 Å². The molecule has 4 rings (SSSR count). The van der Waals surface area contributed by atoms with Crippen molar-refractivity contribution in [2.45, 2.75) is 18.9 Å². The summed E-state index contributed by atoms with van der Waals surface area (Å²) in [4.78, 5) is 12.6. The standard InChI is InChI=1S/C25H17F6NO2/c1-34-18-11-9-16(10-12-18)21-19-7-2-3-8-20(19)32(22(21)23(33)25(29,30)31)14-15-5-4-6-17(13-15)24(26,27)28/h2-13H,14H2,1H3. The number of hydrogen-bond acceptors (Lipinski definition) is 2. The number of para-hydroxylation sites is 1. The van der Waals surface area contributed by atoms with Gasteiger partial charge < -0.3 is 9.30 Å². The van der Waals surface area contributed by atoms with Crippen LogP contribution in [0, 0.1) is 0 Å². The first-order valence-corrected chi connectivity index (χ1v) is 10.0. The molecule has 0 aliphatic heterocycles. The highest BCUT2D eigenvalue weighted by atomic mass is 19.4. The van der Waals surface area contributed by atoms with Gasteiger partial charge in [-0.2, -0.15) is 26.3 Å². The quantitative estimate of drug-likeness (QED) is 0.226. The van der Waals surface area contributed by atoms with Crippen LogP contribution in [0.15, 0.2) is 72.8 Å². The van der Waals surface area contributed by atoms with Gasteiger partial charge in [0.2, 0.25) is 0 Å². The number of rotatable bonds is 5. The summed E-state index contributed by atoms with van der Waals surface area (Å²) in [6.45, 7) is -0.363. The van der Waals surface area contributed by atoms with E-state index < -0.39 is 29.4 Å². The Kier molecular flexibility index (Phi) is 5.89. The highest BCUT2D eigenvalue weighted by Gasteiger charge is 2.43. The SMILES string of the molecule is COc1ccc(-c2c(C(=O)C(F)(F)F)n(Cc3cccc(C(F)(F)F)c3)c3ccccc23)cc1. The van der Waals surface area contributed by atoms with Crippen molar-refractivity contribution in [3.8, 4) is 16.9 Å². The molecule has 0 N–H and O–H groups in total. The molecular formula is C25H17F6NO2. The van der Waals surface area contributed by atoms with E-state index in [0.717, 1.165) is 16.7 Å². The first-order valence-electron chi connectivity index (χ1n) is 10.0. The molecule has 9 heteroatoms. The van der Waals surface area contributed by atoms with E-state index in [1.807, 2.05) is 0 Å². The number of carbonyl (C=O) groups is 1. The molecule has 0 saturated heterocycles. The number of Topliss-reactive ketones (excluding diaryl/α,β-unsaturated/α-hetero) is 1. The minimum Gasteiger partial charge on any atom is -0.497 e. The number of benzene rings is 3. The molecule has 0 fully saturated rings. The van der Waals surface area contributed by atoms with Gasteiger partial charge in [0.25, 0.3) is 5.78 Å². The van der Waals surface area contributed by atoms with Crippen LogP contribution in [-0.2, 0) is 12.7 Å². The lowest BCUT2D eigenvalue weighted by Gasteiger charge is -2.15. The number of halogens is 6. The molecular weight excluding hydrogens is 460 g/mol. The van der Waals surface area contributed by atoms with Crippen molar-refractivity contribution in [3.63, 3.8) is 0 Å². The van der Waals surface area contributed by atoms with Gasteiger partial charge in [-0.25, -0.2) is 0 Å². The van der Waals surface area contributed by atoms with E-state index >= 15 is 0 Å². The second kappa shape index (κ2) is 8.55. The number of ether oxygens (including phenoxy) is 1.